The van der Waals surface area contributed by atoms with Gasteiger partial charge in [0.2, 0.25) is 9.84 Å². The molecule has 0 radical (unpaired) electrons. The summed E-state index contributed by atoms with van der Waals surface area (Å²) >= 11 is 6.06. The van der Waals surface area contributed by atoms with Crippen molar-refractivity contribution in [3.05, 3.63) is 124 Å². The highest BCUT2D eigenvalue weighted by atomic mass is 35.5. The fourth-order valence-corrected chi connectivity index (χ4v) is 7.18. The summed E-state index contributed by atoms with van der Waals surface area (Å²) in [6, 6.07) is 25.6. The minimum Gasteiger partial charge on any atom is -0.345 e. The Hall–Kier alpha value is -3.94. The second-order valence-corrected chi connectivity index (χ2v) is 12.1. The third-order valence-corrected chi connectivity index (χ3v) is 9.49. The molecule has 1 heterocycles. The molecule has 0 bridgehead atoms. The smallest absolute Gasteiger partial charge is 0.259 e. The Morgan fingerprint density at radius 1 is 0.923 bits per heavy atom. The maximum absolute atomic E-state index is 13.8. The Labute approximate surface area is 232 Å². The molecule has 2 amide bonds. The second-order valence-electron chi connectivity index (χ2n) is 9.82. The SMILES string of the molecule is O=C(N[C@@H]1CCCc2ccccc21)c1ccc2c(c1)N(Cc1ccc(Cl)cc1)C(=O)c1ccccc1S2(=O)=O. The number of hydrogen-bond acceptors (Lipinski definition) is 4. The average Bonchev–Trinajstić information content (AvgIpc) is 3.02. The number of carbonyl (C=O) groups is 2. The van der Waals surface area contributed by atoms with E-state index in [1.54, 1.807) is 36.4 Å². The summed E-state index contributed by atoms with van der Waals surface area (Å²) in [4.78, 5) is 28.7. The van der Waals surface area contributed by atoms with Crippen molar-refractivity contribution in [3.63, 3.8) is 0 Å². The zero-order valence-corrected chi connectivity index (χ0v) is 22.5. The van der Waals surface area contributed by atoms with Crippen LogP contribution in [0.1, 0.15) is 56.3 Å². The largest absolute Gasteiger partial charge is 0.345 e. The van der Waals surface area contributed by atoms with E-state index in [4.69, 9.17) is 11.6 Å². The van der Waals surface area contributed by atoms with E-state index in [0.29, 0.717) is 5.02 Å². The van der Waals surface area contributed by atoms with E-state index in [1.165, 1.54) is 40.8 Å². The Kier molecular flexibility index (Phi) is 6.49. The lowest BCUT2D eigenvalue weighted by Gasteiger charge is -2.27. The Bertz CT molecular complexity index is 1720. The highest BCUT2D eigenvalue weighted by Crippen LogP contribution is 2.38. The third-order valence-electron chi connectivity index (χ3n) is 7.38. The Balaban J connectivity index is 1.43. The lowest BCUT2D eigenvalue weighted by atomic mass is 9.87. The lowest BCUT2D eigenvalue weighted by molar-refractivity contribution is 0.0930. The molecule has 0 unspecified atom stereocenters. The molecule has 6 rings (SSSR count). The van der Waals surface area contributed by atoms with Crippen molar-refractivity contribution in [2.24, 2.45) is 0 Å². The summed E-state index contributed by atoms with van der Waals surface area (Å²) in [6.45, 7) is 0.105. The highest BCUT2D eigenvalue weighted by molar-refractivity contribution is 7.91. The van der Waals surface area contributed by atoms with Crippen LogP contribution in [0.4, 0.5) is 5.69 Å². The summed E-state index contributed by atoms with van der Waals surface area (Å²) in [6.07, 6.45) is 2.76. The van der Waals surface area contributed by atoms with E-state index in [0.717, 1.165) is 30.4 Å². The van der Waals surface area contributed by atoms with Crippen LogP contribution in [0.3, 0.4) is 0 Å². The molecular weight excluding hydrogens is 532 g/mol. The zero-order valence-electron chi connectivity index (χ0n) is 20.9. The molecule has 1 atom stereocenters. The molecule has 1 N–H and O–H groups in total. The first-order chi connectivity index (χ1) is 18.8. The van der Waals surface area contributed by atoms with Crippen LogP contribution >= 0.6 is 11.6 Å². The number of nitrogens with zero attached hydrogens (tertiary/aromatic N) is 1. The molecule has 1 aliphatic carbocycles. The van der Waals surface area contributed by atoms with E-state index >= 15 is 0 Å². The summed E-state index contributed by atoms with van der Waals surface area (Å²) in [5.41, 5.74) is 3.63. The number of rotatable bonds is 4. The van der Waals surface area contributed by atoms with Crippen LogP contribution in [-0.4, -0.2) is 20.2 Å². The fourth-order valence-electron chi connectivity index (χ4n) is 5.42. The maximum atomic E-state index is 13.8. The van der Waals surface area contributed by atoms with Crippen molar-refractivity contribution in [1.29, 1.82) is 0 Å². The van der Waals surface area contributed by atoms with Crippen molar-refractivity contribution in [3.8, 4) is 0 Å². The molecular formula is C31H25ClN2O4S. The van der Waals surface area contributed by atoms with Gasteiger partial charge in [0.05, 0.1) is 33.6 Å². The minimum atomic E-state index is -4.03. The number of anilines is 1. The van der Waals surface area contributed by atoms with Gasteiger partial charge in [0.15, 0.2) is 0 Å². The van der Waals surface area contributed by atoms with Gasteiger partial charge in [0, 0.05) is 10.6 Å². The van der Waals surface area contributed by atoms with Gasteiger partial charge < -0.3 is 10.2 Å². The third kappa shape index (κ3) is 4.62. The van der Waals surface area contributed by atoms with Crippen molar-refractivity contribution in [2.45, 2.75) is 41.6 Å². The first kappa shape index (κ1) is 25.3. The summed E-state index contributed by atoms with van der Waals surface area (Å²) in [5, 5.41) is 3.68. The molecule has 0 saturated carbocycles. The maximum Gasteiger partial charge on any atom is 0.259 e. The van der Waals surface area contributed by atoms with Gasteiger partial charge >= 0.3 is 0 Å². The van der Waals surface area contributed by atoms with Crippen LogP contribution in [0.25, 0.3) is 0 Å². The first-order valence-corrected chi connectivity index (χ1v) is 14.6. The fraction of sp³-hybridized carbons (Fsp3) is 0.161. The van der Waals surface area contributed by atoms with Gasteiger partial charge in [-0.2, -0.15) is 0 Å². The van der Waals surface area contributed by atoms with Gasteiger partial charge in [-0.05, 0) is 78.4 Å². The summed E-state index contributed by atoms with van der Waals surface area (Å²) < 4.78 is 27.5. The molecule has 196 valence electrons. The number of fused-ring (bicyclic) bond motifs is 3. The standard InChI is InChI=1S/C31H25ClN2O4S/c32-23-15-12-20(13-16-23)19-34-27-18-22(30(35)33-26-10-5-7-21-6-1-2-8-24(21)26)14-17-29(27)39(37,38)28-11-4-3-9-25(28)31(34)36/h1-4,6,8-9,11-18,26H,5,7,10,19H2,(H,33,35)/t26-/m1/s1. The van der Waals surface area contributed by atoms with E-state index in [-0.39, 0.29) is 45.1 Å². The van der Waals surface area contributed by atoms with Crippen LogP contribution in [-0.2, 0) is 22.8 Å². The van der Waals surface area contributed by atoms with E-state index in [9.17, 15) is 18.0 Å². The Morgan fingerprint density at radius 3 is 2.49 bits per heavy atom. The predicted octanol–water partition coefficient (Wildman–Crippen LogP) is 6.14. The summed E-state index contributed by atoms with van der Waals surface area (Å²) in [7, 11) is -4.03. The first-order valence-electron chi connectivity index (χ1n) is 12.8. The number of amides is 2. The van der Waals surface area contributed by atoms with Crippen LogP contribution < -0.4 is 10.2 Å². The van der Waals surface area contributed by atoms with Gasteiger partial charge in [0.1, 0.15) is 0 Å². The lowest BCUT2D eigenvalue weighted by Crippen LogP contribution is -2.32. The number of carbonyl (C=O) groups excluding carboxylic acids is 2. The molecule has 8 heteroatoms. The highest BCUT2D eigenvalue weighted by Gasteiger charge is 2.36. The predicted molar refractivity (Wildman–Crippen MR) is 150 cm³/mol. The number of halogens is 1. The van der Waals surface area contributed by atoms with Gasteiger partial charge in [-0.25, -0.2) is 8.42 Å². The van der Waals surface area contributed by atoms with E-state index < -0.39 is 15.7 Å². The van der Waals surface area contributed by atoms with Crippen LogP contribution in [0.5, 0.6) is 0 Å². The molecule has 1 aliphatic heterocycles. The number of aryl methyl sites for hydroxylation is 1. The quantitative estimate of drug-likeness (QED) is 0.327. The average molecular weight is 557 g/mol. The van der Waals surface area contributed by atoms with E-state index in [1.807, 2.05) is 18.2 Å². The number of nitrogens with one attached hydrogen (secondary N) is 1. The molecule has 0 spiro atoms. The van der Waals surface area contributed by atoms with E-state index in [2.05, 4.69) is 11.4 Å². The zero-order chi connectivity index (χ0) is 27.1. The van der Waals surface area contributed by atoms with Crippen LogP contribution in [0.15, 0.2) is 101 Å². The van der Waals surface area contributed by atoms with Crippen LogP contribution in [0, 0.1) is 0 Å². The second kappa shape index (κ2) is 9.98. The van der Waals surface area contributed by atoms with Gasteiger partial charge in [-0.3, -0.25) is 9.59 Å². The number of sulfone groups is 1. The van der Waals surface area contributed by atoms with Crippen molar-refractivity contribution in [1.82, 2.24) is 5.32 Å². The molecule has 0 fully saturated rings. The van der Waals surface area contributed by atoms with Gasteiger partial charge in [0.25, 0.3) is 11.8 Å². The molecule has 4 aromatic carbocycles. The topological polar surface area (TPSA) is 83.6 Å². The minimum absolute atomic E-state index is 0.0191. The van der Waals surface area contributed by atoms with Crippen molar-refractivity contribution in [2.75, 3.05) is 4.90 Å². The number of benzene rings is 4. The van der Waals surface area contributed by atoms with Gasteiger partial charge in [-0.15, -0.1) is 0 Å². The molecule has 39 heavy (non-hydrogen) atoms. The Morgan fingerprint density at radius 2 is 1.67 bits per heavy atom. The van der Waals surface area contributed by atoms with Gasteiger partial charge in [-0.1, -0.05) is 60.1 Å². The molecule has 4 aromatic rings. The van der Waals surface area contributed by atoms with Crippen molar-refractivity contribution < 1.29 is 18.0 Å². The molecule has 6 nitrogen and oxygen atoms in total. The molecule has 2 aliphatic rings. The number of hydrogen-bond donors (Lipinski definition) is 1. The monoisotopic (exact) mass is 556 g/mol. The molecule has 0 aromatic heterocycles. The van der Waals surface area contributed by atoms with Crippen LogP contribution in [0.2, 0.25) is 5.02 Å². The molecule has 0 saturated heterocycles. The normalized spacial score (nSPS) is 17.4. The summed E-state index contributed by atoms with van der Waals surface area (Å²) in [5.74, 6) is -0.779. The van der Waals surface area contributed by atoms with Crippen molar-refractivity contribution >= 4 is 38.9 Å².